The molecule has 3 aromatic rings. The molecule has 0 spiro atoms. The van der Waals surface area contributed by atoms with Crippen molar-refractivity contribution in [3.05, 3.63) is 95.0 Å². The van der Waals surface area contributed by atoms with Gasteiger partial charge >= 0.3 is 0 Å². The molecular formula is C24H24FN3O2. The third kappa shape index (κ3) is 5.08. The molecule has 2 aromatic carbocycles. The van der Waals surface area contributed by atoms with Crippen LogP contribution in [0, 0.1) is 12.7 Å². The summed E-state index contributed by atoms with van der Waals surface area (Å²) in [5.74, 6) is -0.709. The van der Waals surface area contributed by atoms with Crippen molar-refractivity contribution in [1.82, 2.24) is 9.55 Å². The van der Waals surface area contributed by atoms with E-state index in [2.05, 4.69) is 29.0 Å². The van der Waals surface area contributed by atoms with Crippen molar-refractivity contribution < 1.29 is 14.3 Å². The topological polar surface area (TPSA) is 67.5 Å². The Kier molecular flexibility index (Phi) is 6.91. The zero-order valence-corrected chi connectivity index (χ0v) is 17.0. The number of allylic oxidation sites excluding steroid dienone is 1. The second-order valence-corrected chi connectivity index (χ2v) is 7.01. The predicted octanol–water partition coefficient (Wildman–Crippen LogP) is 4.72. The molecule has 0 bridgehead atoms. The standard InChI is InChI=1S/C24H24FN3O2/c1-17-5-3-4-6-20(17)21(18-7-9-19(25)10-8-18)11-13-28-14-12-27-24(28)15-22(29)23(30)16-26-2/h3-10,12,14-16,21,29H,11,13H2,1-2H3/b22-15-,26-16-/t21-/m0/s1. The highest BCUT2D eigenvalue weighted by Crippen LogP contribution is 2.31. The van der Waals surface area contributed by atoms with Crippen molar-refractivity contribution >= 4 is 18.1 Å². The largest absolute Gasteiger partial charge is 0.504 e. The summed E-state index contributed by atoms with van der Waals surface area (Å²) in [6, 6.07) is 14.7. The second-order valence-electron chi connectivity index (χ2n) is 7.01. The summed E-state index contributed by atoms with van der Waals surface area (Å²) in [5, 5.41) is 9.97. The SMILES string of the molecule is C/N=C\C(=O)/C(O)=C/c1nccn1CC[C@@H](c1ccc(F)cc1)c1ccccc1C. The maximum absolute atomic E-state index is 13.5. The molecule has 1 N–H and O–H groups in total. The van der Waals surface area contributed by atoms with Gasteiger partial charge < -0.3 is 9.67 Å². The van der Waals surface area contributed by atoms with E-state index in [1.165, 1.54) is 36.4 Å². The first kappa shape index (κ1) is 21.2. The molecule has 1 atom stereocenters. The monoisotopic (exact) mass is 405 g/mol. The number of rotatable bonds is 8. The van der Waals surface area contributed by atoms with E-state index >= 15 is 0 Å². The van der Waals surface area contributed by atoms with E-state index in [4.69, 9.17) is 0 Å². The Morgan fingerprint density at radius 2 is 1.97 bits per heavy atom. The summed E-state index contributed by atoms with van der Waals surface area (Å²) in [7, 11) is 1.47. The van der Waals surface area contributed by atoms with Crippen LogP contribution in [0.2, 0.25) is 0 Å². The molecule has 0 saturated carbocycles. The number of benzene rings is 2. The van der Waals surface area contributed by atoms with Gasteiger partial charge in [-0.1, -0.05) is 36.4 Å². The Bertz CT molecular complexity index is 1070. The molecular weight excluding hydrogens is 381 g/mol. The highest BCUT2D eigenvalue weighted by atomic mass is 19.1. The number of Topliss-reactive ketones (excluding diaryl/α,β-unsaturated/α-hetero) is 1. The number of aromatic nitrogens is 2. The molecule has 0 fully saturated rings. The van der Waals surface area contributed by atoms with Gasteiger partial charge in [-0.15, -0.1) is 0 Å². The number of carbonyl (C=O) groups is 1. The molecule has 0 aliphatic rings. The Hall–Kier alpha value is -3.54. The first-order valence-electron chi connectivity index (χ1n) is 9.69. The van der Waals surface area contributed by atoms with Crippen LogP contribution in [0.1, 0.15) is 34.9 Å². The Morgan fingerprint density at radius 3 is 2.67 bits per heavy atom. The molecule has 0 radical (unpaired) electrons. The summed E-state index contributed by atoms with van der Waals surface area (Å²) in [4.78, 5) is 19.6. The number of ketones is 1. The molecule has 0 aliphatic heterocycles. The number of imidazole rings is 1. The fourth-order valence-corrected chi connectivity index (χ4v) is 3.47. The number of hydrogen-bond donors (Lipinski definition) is 1. The quantitative estimate of drug-likeness (QED) is 0.335. The molecule has 1 aromatic heterocycles. The van der Waals surface area contributed by atoms with E-state index in [1.807, 2.05) is 28.8 Å². The van der Waals surface area contributed by atoms with E-state index in [-0.39, 0.29) is 11.7 Å². The van der Waals surface area contributed by atoms with Gasteiger partial charge in [-0.25, -0.2) is 9.37 Å². The lowest BCUT2D eigenvalue weighted by Crippen LogP contribution is -2.10. The lowest BCUT2D eigenvalue weighted by atomic mass is 9.86. The van der Waals surface area contributed by atoms with Gasteiger partial charge in [0.25, 0.3) is 0 Å². The van der Waals surface area contributed by atoms with Crippen molar-refractivity contribution in [3.63, 3.8) is 0 Å². The number of aryl methyl sites for hydroxylation is 2. The maximum Gasteiger partial charge on any atom is 0.237 e. The van der Waals surface area contributed by atoms with E-state index < -0.39 is 11.5 Å². The molecule has 0 unspecified atom stereocenters. The van der Waals surface area contributed by atoms with Crippen molar-refractivity contribution in [3.8, 4) is 0 Å². The third-order valence-electron chi connectivity index (χ3n) is 5.01. The predicted molar refractivity (Wildman–Crippen MR) is 116 cm³/mol. The van der Waals surface area contributed by atoms with Crippen molar-refractivity contribution in [2.24, 2.45) is 4.99 Å². The zero-order chi connectivity index (χ0) is 21.5. The number of aliphatic hydroxyl groups is 1. The van der Waals surface area contributed by atoms with Crippen LogP contribution < -0.4 is 0 Å². The number of nitrogens with zero attached hydrogens (tertiary/aromatic N) is 3. The summed E-state index contributed by atoms with van der Waals surface area (Å²) in [5.41, 5.74) is 3.37. The highest BCUT2D eigenvalue weighted by Gasteiger charge is 2.17. The summed E-state index contributed by atoms with van der Waals surface area (Å²) < 4.78 is 15.3. The van der Waals surface area contributed by atoms with E-state index in [1.54, 1.807) is 12.4 Å². The van der Waals surface area contributed by atoms with Gasteiger partial charge in [-0.3, -0.25) is 9.79 Å². The van der Waals surface area contributed by atoms with Crippen LogP contribution in [0.15, 0.2) is 71.7 Å². The number of halogens is 1. The normalized spacial score (nSPS) is 13.0. The van der Waals surface area contributed by atoms with Crippen LogP contribution in [0.3, 0.4) is 0 Å². The zero-order valence-electron chi connectivity index (χ0n) is 17.0. The van der Waals surface area contributed by atoms with Gasteiger partial charge in [0.05, 0.1) is 6.21 Å². The highest BCUT2D eigenvalue weighted by molar-refractivity contribution is 6.35. The molecule has 1 heterocycles. The van der Waals surface area contributed by atoms with Crippen LogP contribution in [-0.4, -0.2) is 33.7 Å². The van der Waals surface area contributed by atoms with Crippen LogP contribution in [0.5, 0.6) is 0 Å². The van der Waals surface area contributed by atoms with Crippen LogP contribution >= 0.6 is 0 Å². The number of aliphatic hydroxyl groups excluding tert-OH is 1. The van der Waals surface area contributed by atoms with E-state index in [0.717, 1.165) is 18.2 Å². The maximum atomic E-state index is 13.5. The molecule has 5 nitrogen and oxygen atoms in total. The van der Waals surface area contributed by atoms with Crippen LogP contribution in [0.25, 0.3) is 6.08 Å². The minimum atomic E-state index is -0.573. The van der Waals surface area contributed by atoms with Crippen LogP contribution in [0.4, 0.5) is 4.39 Å². The van der Waals surface area contributed by atoms with E-state index in [0.29, 0.717) is 12.4 Å². The van der Waals surface area contributed by atoms with Gasteiger partial charge in [0.1, 0.15) is 11.6 Å². The number of aliphatic imine (C=N–C) groups is 1. The summed E-state index contributed by atoms with van der Waals surface area (Å²) in [6.45, 7) is 2.67. The summed E-state index contributed by atoms with van der Waals surface area (Å²) >= 11 is 0. The molecule has 0 saturated heterocycles. The first-order valence-corrected chi connectivity index (χ1v) is 9.69. The minimum absolute atomic E-state index is 0.0634. The average molecular weight is 405 g/mol. The van der Waals surface area contributed by atoms with Crippen molar-refractivity contribution in [1.29, 1.82) is 0 Å². The lowest BCUT2D eigenvalue weighted by molar-refractivity contribution is -0.111. The van der Waals surface area contributed by atoms with Crippen molar-refractivity contribution in [2.45, 2.75) is 25.8 Å². The molecule has 6 heteroatoms. The molecule has 154 valence electrons. The molecule has 30 heavy (non-hydrogen) atoms. The third-order valence-corrected chi connectivity index (χ3v) is 5.01. The first-order chi connectivity index (χ1) is 14.5. The lowest BCUT2D eigenvalue weighted by Gasteiger charge is -2.21. The fourth-order valence-electron chi connectivity index (χ4n) is 3.47. The molecule has 3 rings (SSSR count). The molecule has 0 amide bonds. The Balaban J connectivity index is 1.87. The summed E-state index contributed by atoms with van der Waals surface area (Å²) in [6.07, 6.45) is 6.56. The number of carbonyl (C=O) groups excluding carboxylic acids is 1. The number of hydrogen-bond acceptors (Lipinski definition) is 4. The van der Waals surface area contributed by atoms with Gasteiger partial charge in [0.2, 0.25) is 5.78 Å². The second kappa shape index (κ2) is 9.78. The van der Waals surface area contributed by atoms with E-state index in [9.17, 15) is 14.3 Å². The molecule has 0 aliphatic carbocycles. The van der Waals surface area contributed by atoms with Gasteiger partial charge in [-0.05, 0) is 42.2 Å². The minimum Gasteiger partial charge on any atom is -0.504 e. The smallest absolute Gasteiger partial charge is 0.237 e. The van der Waals surface area contributed by atoms with Gasteiger partial charge in [0.15, 0.2) is 5.76 Å². The van der Waals surface area contributed by atoms with Crippen molar-refractivity contribution in [2.75, 3.05) is 7.05 Å². The van der Waals surface area contributed by atoms with Gasteiger partial charge in [0, 0.05) is 38.0 Å². The van der Waals surface area contributed by atoms with Crippen LogP contribution in [-0.2, 0) is 11.3 Å². The van der Waals surface area contributed by atoms with Gasteiger partial charge in [-0.2, -0.15) is 0 Å². The fraction of sp³-hybridized carbons (Fsp3) is 0.208. The Morgan fingerprint density at radius 1 is 1.23 bits per heavy atom. The average Bonchev–Trinajstić information content (AvgIpc) is 3.17. The Labute approximate surface area is 175 Å².